The van der Waals surface area contributed by atoms with Crippen LogP contribution in [0.4, 0.5) is 10.1 Å². The number of nitrogens with one attached hydrogen (secondary N) is 3. The van der Waals surface area contributed by atoms with Crippen LogP contribution in [0.5, 0.6) is 11.5 Å². The van der Waals surface area contributed by atoms with Crippen LogP contribution in [0.25, 0.3) is 5.95 Å². The van der Waals surface area contributed by atoms with Crippen molar-refractivity contribution >= 4 is 17.5 Å². The van der Waals surface area contributed by atoms with Crippen LogP contribution < -0.4 is 26.2 Å². The normalized spacial score (nSPS) is 11.9. The van der Waals surface area contributed by atoms with Gasteiger partial charge in [0.2, 0.25) is 0 Å². The fourth-order valence-electron chi connectivity index (χ4n) is 3.45. The average molecular weight is 569 g/mol. The van der Waals surface area contributed by atoms with Crippen LogP contribution in [0.3, 0.4) is 0 Å². The van der Waals surface area contributed by atoms with Gasteiger partial charge in [-0.2, -0.15) is 0 Å². The van der Waals surface area contributed by atoms with Gasteiger partial charge in [0.25, 0.3) is 11.9 Å². The van der Waals surface area contributed by atoms with E-state index in [1.54, 1.807) is 30.3 Å². The minimum Gasteiger partial charge on any atom is -0.497 e. The fourth-order valence-corrected chi connectivity index (χ4v) is 3.45. The molecule has 0 unspecified atom stereocenters. The number of carboxylic acid groups (broad SMARTS) is 1. The van der Waals surface area contributed by atoms with Crippen molar-refractivity contribution in [1.29, 1.82) is 5.41 Å². The number of carboxylic acids is 1. The first-order chi connectivity index (χ1) is 19.5. The first kappa shape index (κ1) is 30.2. The highest BCUT2D eigenvalue weighted by molar-refractivity contribution is 5.95. The summed E-state index contributed by atoms with van der Waals surface area (Å²) >= 11 is 0. The molecule has 2 atom stereocenters. The third-order valence-electron chi connectivity index (χ3n) is 5.22. The Morgan fingerprint density at radius 3 is 2.44 bits per heavy atom. The molecule has 14 nitrogen and oxygen atoms in total. The number of aromatic nitrogens is 5. The van der Waals surface area contributed by atoms with E-state index in [2.05, 4.69) is 25.4 Å². The Morgan fingerprint density at radius 1 is 1.24 bits per heavy atom. The molecular formula is C26H29FN8O6. The van der Waals surface area contributed by atoms with E-state index in [0.717, 1.165) is 11.6 Å². The van der Waals surface area contributed by atoms with E-state index in [9.17, 15) is 9.90 Å². The number of methoxy groups -OCH3 is 1. The van der Waals surface area contributed by atoms with Crippen LogP contribution >= 0.6 is 0 Å². The molecule has 0 amide bonds. The number of H-pyrrole nitrogens is 1. The van der Waals surface area contributed by atoms with Gasteiger partial charge in [-0.25, -0.2) is 19.2 Å². The number of ether oxygens (including phenoxy) is 2. The number of hydrogen-bond donors (Lipinski definition) is 6. The lowest BCUT2D eigenvalue weighted by Crippen LogP contribution is -2.19. The number of nitrogens with zero attached hydrogens (tertiary/aromatic N) is 4. The molecule has 2 aromatic carbocycles. The van der Waals surface area contributed by atoms with Crippen molar-refractivity contribution in [2.75, 3.05) is 19.0 Å². The predicted molar refractivity (Wildman–Crippen MR) is 146 cm³/mol. The lowest BCUT2D eigenvalue weighted by molar-refractivity contribution is -0.134. The number of amidine groups is 1. The van der Waals surface area contributed by atoms with Crippen molar-refractivity contribution in [2.45, 2.75) is 26.0 Å². The van der Waals surface area contributed by atoms with Crippen LogP contribution in [0.1, 0.15) is 36.8 Å². The van der Waals surface area contributed by atoms with Gasteiger partial charge in [0, 0.05) is 42.2 Å². The number of nitrogen functional groups attached to an aromatic ring is 1. The predicted octanol–water partition coefficient (Wildman–Crippen LogP) is 1.83. The summed E-state index contributed by atoms with van der Waals surface area (Å²) in [4.78, 5) is 32.5. The zero-order valence-corrected chi connectivity index (χ0v) is 22.3. The summed E-state index contributed by atoms with van der Waals surface area (Å²) in [5.74, 6) is -1.46. The molecule has 0 aliphatic rings. The van der Waals surface area contributed by atoms with E-state index in [1.807, 2.05) is 0 Å². The second-order valence-corrected chi connectivity index (χ2v) is 8.55. The van der Waals surface area contributed by atoms with Gasteiger partial charge in [0.05, 0.1) is 13.2 Å². The number of nitrogens with two attached hydrogens (primary N) is 1. The number of hydrogen-bond acceptors (Lipinski definition) is 10. The van der Waals surface area contributed by atoms with Crippen molar-refractivity contribution in [3.8, 4) is 17.4 Å². The molecule has 0 fully saturated rings. The number of halogens is 1. The summed E-state index contributed by atoms with van der Waals surface area (Å²) in [6.07, 6.45) is 2.09. The molecular weight excluding hydrogens is 539 g/mol. The number of aliphatic carboxylic acids is 1. The maximum absolute atomic E-state index is 15.8. The first-order valence-electron chi connectivity index (χ1n) is 12.1. The number of rotatable bonds is 10. The van der Waals surface area contributed by atoms with Gasteiger partial charge in [0.15, 0.2) is 17.4 Å². The van der Waals surface area contributed by atoms with Gasteiger partial charge in [-0.15, -0.1) is 9.78 Å². The summed E-state index contributed by atoms with van der Waals surface area (Å²) in [6, 6.07) is 9.92. The molecule has 0 bridgehead atoms. The van der Waals surface area contributed by atoms with Crippen LogP contribution in [-0.4, -0.2) is 66.6 Å². The zero-order chi connectivity index (χ0) is 30.1. The molecule has 15 heteroatoms. The van der Waals surface area contributed by atoms with Gasteiger partial charge in [-0.05, 0) is 43.3 Å². The minimum atomic E-state index is -1.04. The topological polar surface area (TPSA) is 214 Å². The number of aliphatic hydroxyl groups excluding tert-OH is 1. The Kier molecular flexibility index (Phi) is 10.1. The van der Waals surface area contributed by atoms with Crippen LogP contribution in [0.15, 0.2) is 59.7 Å². The lowest BCUT2D eigenvalue weighted by atomic mass is 10.0. The lowest BCUT2D eigenvalue weighted by Gasteiger charge is -2.21. The summed E-state index contributed by atoms with van der Waals surface area (Å²) in [6.45, 7) is 2.45. The molecule has 2 aromatic heterocycles. The molecule has 2 heterocycles. The molecule has 0 aliphatic heterocycles. The molecule has 0 aliphatic carbocycles. The number of aromatic amines is 1. The molecule has 41 heavy (non-hydrogen) atoms. The highest BCUT2D eigenvalue weighted by atomic mass is 19.1. The number of anilines is 1. The maximum atomic E-state index is 15.8. The summed E-state index contributed by atoms with van der Waals surface area (Å²) < 4.78 is 27.6. The van der Waals surface area contributed by atoms with E-state index in [1.165, 1.54) is 38.6 Å². The smallest absolute Gasteiger partial charge is 0.350 e. The van der Waals surface area contributed by atoms with Gasteiger partial charge in [0.1, 0.15) is 24.2 Å². The number of benzene rings is 2. The van der Waals surface area contributed by atoms with Gasteiger partial charge >= 0.3 is 5.69 Å². The van der Waals surface area contributed by atoms with E-state index in [0.29, 0.717) is 11.3 Å². The van der Waals surface area contributed by atoms with Crippen molar-refractivity contribution < 1.29 is 28.9 Å². The second-order valence-electron chi connectivity index (χ2n) is 8.55. The average Bonchev–Trinajstić information content (AvgIpc) is 3.32. The highest BCUT2D eigenvalue weighted by Gasteiger charge is 2.27. The third-order valence-corrected chi connectivity index (χ3v) is 5.22. The molecule has 216 valence electrons. The largest absolute Gasteiger partial charge is 0.497 e. The monoisotopic (exact) mass is 568 g/mol. The Balaban J connectivity index is 0.00000108. The molecule has 0 saturated heterocycles. The minimum absolute atomic E-state index is 0.0339. The Morgan fingerprint density at radius 2 is 1.88 bits per heavy atom. The van der Waals surface area contributed by atoms with E-state index < -0.39 is 29.6 Å². The molecule has 0 spiro atoms. The summed E-state index contributed by atoms with van der Waals surface area (Å²) in [5.41, 5.74) is 5.98. The van der Waals surface area contributed by atoms with E-state index in [4.69, 9.17) is 30.5 Å². The molecule has 0 radical (unpaired) electrons. The van der Waals surface area contributed by atoms with Gasteiger partial charge in [-0.1, -0.05) is 0 Å². The van der Waals surface area contributed by atoms with Gasteiger partial charge in [-0.3, -0.25) is 15.2 Å². The Labute approximate surface area is 233 Å². The molecule has 0 saturated carbocycles. The Bertz CT molecular complexity index is 1540. The third kappa shape index (κ3) is 8.09. The number of aliphatic hydroxyl groups is 1. The van der Waals surface area contributed by atoms with Crippen molar-refractivity contribution in [3.63, 3.8) is 0 Å². The van der Waals surface area contributed by atoms with E-state index >= 15 is 4.39 Å². The molecule has 4 aromatic rings. The zero-order valence-electron chi connectivity index (χ0n) is 22.3. The Hall–Kier alpha value is -5.31. The fraction of sp³-hybridized carbons (Fsp3) is 0.231. The highest BCUT2D eigenvalue weighted by Crippen LogP contribution is 2.35. The quantitative estimate of drug-likeness (QED) is 0.120. The van der Waals surface area contributed by atoms with Crippen molar-refractivity contribution in [1.82, 2.24) is 24.7 Å². The standard InChI is InChI=1S/C24H25FN8O4.C2H4O2/c1-13(34)12-37-18-11-16(36-2)10-17(19(18)25)20(30-15-6-4-14(5-7-15)21(26)27)22-31-24(35)33(32-22)23-28-8-3-9-29-23;1-2(3)4/h3-11,13,20,30,34H,12H2,1-2H3,(H3,26,27)(H,31,32,35);1H3,(H,3,4)/t13-,20-;/m0./s1. The maximum Gasteiger partial charge on any atom is 0.350 e. The summed E-state index contributed by atoms with van der Waals surface area (Å²) in [5, 5.41) is 32.1. The first-order valence-corrected chi connectivity index (χ1v) is 12.1. The summed E-state index contributed by atoms with van der Waals surface area (Å²) in [7, 11) is 1.42. The van der Waals surface area contributed by atoms with E-state index in [-0.39, 0.29) is 41.3 Å². The SMILES string of the molecule is CC(=O)O.COc1cc(OC[C@H](C)O)c(F)c([C@H](Nc2ccc(C(=N)N)cc2)c2nn(-c3ncccn3)c(=O)[nH]2)c1. The van der Waals surface area contributed by atoms with Crippen LogP contribution in [-0.2, 0) is 4.79 Å². The van der Waals surface area contributed by atoms with Gasteiger partial charge < -0.3 is 30.7 Å². The van der Waals surface area contributed by atoms with Crippen LogP contribution in [0, 0.1) is 11.2 Å². The molecule has 4 rings (SSSR count). The number of carbonyl (C=O) groups is 1. The van der Waals surface area contributed by atoms with Crippen molar-refractivity contribution in [2.24, 2.45) is 5.73 Å². The molecule has 7 N–H and O–H groups in total. The van der Waals surface area contributed by atoms with Crippen LogP contribution in [0.2, 0.25) is 0 Å². The second kappa shape index (κ2) is 13.7. The van der Waals surface area contributed by atoms with Crippen molar-refractivity contribution in [3.05, 3.63) is 88.1 Å².